The molecule has 0 atom stereocenters. The number of nitrogens with one attached hydrogen (secondary N) is 1. The van der Waals surface area contributed by atoms with Gasteiger partial charge in [-0.05, 0) is 12.8 Å². The normalized spacial score (nSPS) is 18.7. The molecule has 0 aromatic heterocycles. The summed E-state index contributed by atoms with van der Waals surface area (Å²) in [6.07, 6.45) is 1.35. The molecule has 0 aromatic rings. The molecule has 1 aliphatic heterocycles. The number of carbonyl (C=O) groups is 2. The van der Waals surface area contributed by atoms with Crippen LogP contribution >= 0.6 is 0 Å². The lowest BCUT2D eigenvalue weighted by Crippen LogP contribution is -2.44. The molecule has 0 aliphatic carbocycles. The maximum atomic E-state index is 11.3. The Morgan fingerprint density at radius 2 is 1.94 bits per heavy atom. The van der Waals surface area contributed by atoms with Crippen LogP contribution in [0.3, 0.4) is 0 Å². The molecule has 2 N–H and O–H groups in total. The highest BCUT2D eigenvalue weighted by atomic mass is 16.4. The second-order valence-electron chi connectivity index (χ2n) is 4.58. The Morgan fingerprint density at radius 1 is 1.38 bits per heavy atom. The lowest BCUT2D eigenvalue weighted by atomic mass is 9.97. The highest BCUT2D eigenvalue weighted by Gasteiger charge is 2.24. The average Bonchev–Trinajstić information content (AvgIpc) is 2.26. The van der Waals surface area contributed by atoms with Gasteiger partial charge in [0.05, 0.1) is 12.6 Å². The van der Waals surface area contributed by atoms with Crippen LogP contribution < -0.4 is 5.32 Å². The average molecular weight is 228 g/mol. The van der Waals surface area contributed by atoms with Gasteiger partial charge in [-0.25, -0.2) is 0 Å². The molecule has 0 bridgehead atoms. The van der Waals surface area contributed by atoms with E-state index in [0.29, 0.717) is 19.5 Å². The van der Waals surface area contributed by atoms with Crippen molar-refractivity contribution in [1.82, 2.24) is 10.2 Å². The van der Waals surface area contributed by atoms with Crippen LogP contribution in [0.1, 0.15) is 26.7 Å². The number of carbonyl (C=O) groups excluding carboxylic acids is 1. The molecule has 1 rings (SSSR count). The van der Waals surface area contributed by atoms with Crippen LogP contribution in [0.4, 0.5) is 0 Å². The molecule has 1 heterocycles. The van der Waals surface area contributed by atoms with Gasteiger partial charge in [0.25, 0.3) is 0 Å². The number of nitrogens with zero attached hydrogens (tertiary/aromatic N) is 1. The Morgan fingerprint density at radius 3 is 2.38 bits per heavy atom. The van der Waals surface area contributed by atoms with Crippen LogP contribution in [0, 0.1) is 11.8 Å². The summed E-state index contributed by atoms with van der Waals surface area (Å²) in [6.45, 7) is 5.73. The Hall–Kier alpha value is -1.10. The molecule has 0 aromatic carbocycles. The van der Waals surface area contributed by atoms with Gasteiger partial charge in [-0.15, -0.1) is 0 Å². The standard InChI is InChI=1S/C11H20N2O3/c1-8(2)10(14)12-7-13-5-3-9(4-6-13)11(15)16/h8-9H,3-7H2,1-2H3,(H,12,14)(H,15,16). The number of aliphatic carboxylic acids is 1. The van der Waals surface area contributed by atoms with Crippen molar-refractivity contribution in [3.05, 3.63) is 0 Å². The van der Waals surface area contributed by atoms with Gasteiger partial charge >= 0.3 is 5.97 Å². The fourth-order valence-corrected chi connectivity index (χ4v) is 1.73. The Kier molecular flexibility index (Phi) is 4.73. The van der Waals surface area contributed by atoms with Gasteiger partial charge in [0, 0.05) is 19.0 Å². The Balaban J connectivity index is 2.22. The van der Waals surface area contributed by atoms with Crippen LogP contribution in [-0.2, 0) is 9.59 Å². The number of hydrogen-bond acceptors (Lipinski definition) is 3. The van der Waals surface area contributed by atoms with E-state index in [2.05, 4.69) is 10.2 Å². The van der Waals surface area contributed by atoms with Crippen LogP contribution in [0.15, 0.2) is 0 Å². The minimum absolute atomic E-state index is 0.00319. The van der Waals surface area contributed by atoms with Crippen molar-refractivity contribution >= 4 is 11.9 Å². The van der Waals surface area contributed by atoms with Crippen molar-refractivity contribution in [2.24, 2.45) is 11.8 Å². The molecule has 92 valence electrons. The largest absolute Gasteiger partial charge is 0.481 e. The van der Waals surface area contributed by atoms with Gasteiger partial charge in [0.2, 0.25) is 5.91 Å². The lowest BCUT2D eigenvalue weighted by molar-refractivity contribution is -0.143. The minimum atomic E-state index is -0.703. The van der Waals surface area contributed by atoms with E-state index in [4.69, 9.17) is 5.11 Å². The van der Waals surface area contributed by atoms with Gasteiger partial charge in [-0.1, -0.05) is 13.8 Å². The van der Waals surface area contributed by atoms with Crippen LogP contribution in [-0.4, -0.2) is 41.6 Å². The third-order valence-electron chi connectivity index (χ3n) is 2.94. The Labute approximate surface area is 95.8 Å². The first-order chi connectivity index (χ1) is 7.50. The molecule has 1 fully saturated rings. The first-order valence-electron chi connectivity index (χ1n) is 5.73. The van der Waals surface area contributed by atoms with Gasteiger partial charge in [0.1, 0.15) is 0 Å². The van der Waals surface area contributed by atoms with Crippen molar-refractivity contribution in [3.63, 3.8) is 0 Å². The SMILES string of the molecule is CC(C)C(=O)NCN1CCC(C(=O)O)CC1. The zero-order valence-electron chi connectivity index (χ0n) is 9.90. The van der Waals surface area contributed by atoms with E-state index >= 15 is 0 Å². The maximum absolute atomic E-state index is 11.3. The lowest BCUT2D eigenvalue weighted by Gasteiger charge is -2.30. The van der Waals surface area contributed by atoms with Crippen LogP contribution in [0.2, 0.25) is 0 Å². The summed E-state index contributed by atoms with van der Waals surface area (Å²) in [6, 6.07) is 0. The summed E-state index contributed by atoms with van der Waals surface area (Å²) in [5.41, 5.74) is 0. The maximum Gasteiger partial charge on any atom is 0.306 e. The predicted octanol–water partition coefficient (Wildman–Crippen LogP) is 0.513. The number of hydrogen-bond donors (Lipinski definition) is 2. The molecule has 5 nitrogen and oxygen atoms in total. The number of likely N-dealkylation sites (tertiary alicyclic amines) is 1. The van der Waals surface area contributed by atoms with Gasteiger partial charge in [-0.3, -0.25) is 14.5 Å². The topological polar surface area (TPSA) is 69.6 Å². The van der Waals surface area contributed by atoms with E-state index in [9.17, 15) is 9.59 Å². The summed E-state index contributed by atoms with van der Waals surface area (Å²) in [7, 11) is 0. The summed E-state index contributed by atoms with van der Waals surface area (Å²) in [5.74, 6) is -0.875. The third kappa shape index (κ3) is 3.81. The molecule has 1 amide bonds. The summed E-state index contributed by atoms with van der Waals surface area (Å²) >= 11 is 0. The quantitative estimate of drug-likeness (QED) is 0.735. The molecular weight excluding hydrogens is 208 g/mol. The third-order valence-corrected chi connectivity index (χ3v) is 2.94. The molecule has 5 heteroatoms. The van der Waals surface area contributed by atoms with Gasteiger partial charge in [0.15, 0.2) is 0 Å². The number of carboxylic acids is 1. The molecule has 1 saturated heterocycles. The molecule has 0 spiro atoms. The van der Waals surface area contributed by atoms with E-state index < -0.39 is 5.97 Å². The van der Waals surface area contributed by atoms with Crippen LogP contribution in [0.25, 0.3) is 0 Å². The van der Waals surface area contributed by atoms with Crippen LogP contribution in [0.5, 0.6) is 0 Å². The molecule has 0 unspecified atom stereocenters. The highest BCUT2D eigenvalue weighted by molar-refractivity contribution is 5.77. The summed E-state index contributed by atoms with van der Waals surface area (Å²) < 4.78 is 0. The Bertz CT molecular complexity index is 258. The first-order valence-corrected chi connectivity index (χ1v) is 5.73. The number of amides is 1. The van der Waals surface area contributed by atoms with Crippen molar-refractivity contribution < 1.29 is 14.7 Å². The van der Waals surface area contributed by atoms with E-state index in [1.54, 1.807) is 0 Å². The molecule has 0 saturated carbocycles. The smallest absolute Gasteiger partial charge is 0.306 e. The minimum Gasteiger partial charge on any atom is -0.481 e. The van der Waals surface area contributed by atoms with E-state index in [0.717, 1.165) is 13.1 Å². The number of piperidine rings is 1. The summed E-state index contributed by atoms with van der Waals surface area (Å²) in [4.78, 5) is 24.1. The molecule has 1 aliphatic rings. The van der Waals surface area contributed by atoms with E-state index in [1.165, 1.54) is 0 Å². The number of carboxylic acid groups (broad SMARTS) is 1. The predicted molar refractivity (Wildman–Crippen MR) is 59.8 cm³/mol. The molecule has 16 heavy (non-hydrogen) atoms. The fourth-order valence-electron chi connectivity index (χ4n) is 1.73. The van der Waals surface area contributed by atoms with Crippen molar-refractivity contribution in [2.45, 2.75) is 26.7 Å². The van der Waals surface area contributed by atoms with Gasteiger partial charge in [-0.2, -0.15) is 0 Å². The van der Waals surface area contributed by atoms with E-state index in [-0.39, 0.29) is 17.7 Å². The first kappa shape index (κ1) is 13.0. The summed E-state index contributed by atoms with van der Waals surface area (Å²) in [5, 5.41) is 11.7. The second-order valence-corrected chi connectivity index (χ2v) is 4.58. The number of rotatable bonds is 4. The highest BCUT2D eigenvalue weighted by Crippen LogP contribution is 2.16. The fraction of sp³-hybridized carbons (Fsp3) is 0.818. The van der Waals surface area contributed by atoms with Crippen molar-refractivity contribution in [1.29, 1.82) is 0 Å². The van der Waals surface area contributed by atoms with E-state index in [1.807, 2.05) is 13.8 Å². The monoisotopic (exact) mass is 228 g/mol. The van der Waals surface area contributed by atoms with Crippen molar-refractivity contribution in [3.8, 4) is 0 Å². The van der Waals surface area contributed by atoms with Gasteiger partial charge < -0.3 is 10.4 Å². The molecular formula is C11H20N2O3. The zero-order chi connectivity index (χ0) is 12.1. The molecule has 0 radical (unpaired) electrons. The van der Waals surface area contributed by atoms with Crippen molar-refractivity contribution in [2.75, 3.05) is 19.8 Å². The second kappa shape index (κ2) is 5.84. The zero-order valence-corrected chi connectivity index (χ0v) is 9.90.